The Morgan fingerprint density at radius 1 is 1.03 bits per heavy atom. The molecule has 1 saturated carbocycles. The number of fused-ring (bicyclic) bond motifs is 2. The summed E-state index contributed by atoms with van der Waals surface area (Å²) in [6.45, 7) is 4.21. The maximum atomic E-state index is 12.3. The van der Waals surface area contributed by atoms with Gasteiger partial charge in [0.05, 0.1) is 12.2 Å². The summed E-state index contributed by atoms with van der Waals surface area (Å²) in [6.07, 6.45) is 5.76. The molecule has 5 rings (SSSR count). The zero-order chi connectivity index (χ0) is 20.7. The largest absolute Gasteiger partial charge is 0.484 e. The Labute approximate surface area is 175 Å². The van der Waals surface area contributed by atoms with Crippen LogP contribution >= 0.6 is 0 Å². The molecule has 0 saturated heterocycles. The number of urea groups is 1. The van der Waals surface area contributed by atoms with Crippen molar-refractivity contribution in [2.24, 2.45) is 0 Å². The van der Waals surface area contributed by atoms with Crippen molar-refractivity contribution in [3.05, 3.63) is 59.5 Å². The first-order chi connectivity index (χ1) is 14.6. The van der Waals surface area contributed by atoms with E-state index in [2.05, 4.69) is 46.8 Å². The summed E-state index contributed by atoms with van der Waals surface area (Å²) in [7, 11) is 0. The molecule has 2 aliphatic rings. The molecule has 30 heavy (non-hydrogen) atoms. The summed E-state index contributed by atoms with van der Waals surface area (Å²) in [5.74, 6) is 1.99. The molecule has 0 spiro atoms. The summed E-state index contributed by atoms with van der Waals surface area (Å²) in [5, 5.41) is 14.7. The molecule has 2 aromatic heterocycles. The third-order valence-electron chi connectivity index (χ3n) is 5.85. The average Bonchev–Trinajstić information content (AvgIpc) is 3.44. The molecule has 0 bridgehead atoms. The first kappa shape index (κ1) is 18.9. The number of hydrogen-bond acceptors (Lipinski definition) is 4. The normalized spacial score (nSPS) is 20.8. The van der Waals surface area contributed by atoms with Crippen LogP contribution in [0.5, 0.6) is 5.75 Å². The second kappa shape index (κ2) is 7.63. The van der Waals surface area contributed by atoms with Gasteiger partial charge in [-0.25, -0.2) is 4.79 Å². The lowest BCUT2D eigenvalue weighted by atomic mass is 9.85. The predicted molar refractivity (Wildman–Crippen MR) is 114 cm³/mol. The highest BCUT2D eigenvalue weighted by molar-refractivity contribution is 5.75. The fourth-order valence-corrected chi connectivity index (χ4v) is 4.15. The summed E-state index contributed by atoms with van der Waals surface area (Å²) in [4.78, 5) is 12.3. The van der Waals surface area contributed by atoms with Crippen LogP contribution in [-0.4, -0.2) is 26.7 Å². The van der Waals surface area contributed by atoms with Crippen molar-refractivity contribution in [2.45, 2.75) is 63.6 Å². The van der Waals surface area contributed by atoms with Gasteiger partial charge in [0.25, 0.3) is 0 Å². The van der Waals surface area contributed by atoms with Gasteiger partial charge in [-0.05, 0) is 48.9 Å². The number of nitrogens with zero attached hydrogens (tertiary/aromatic N) is 3. The van der Waals surface area contributed by atoms with Gasteiger partial charge in [0, 0.05) is 12.0 Å². The fraction of sp³-hybridized carbons (Fsp3) is 0.435. The quantitative estimate of drug-likeness (QED) is 0.664. The minimum absolute atomic E-state index is 0.00710. The molecule has 1 aromatic carbocycles. The molecule has 2 atom stereocenters. The Morgan fingerprint density at radius 3 is 2.60 bits per heavy atom. The SMILES string of the molecule is CC(C)c1nnc2ccc(OC3CCC(NC(=O)NC4CC4)c4ccccc43)cn12. The van der Waals surface area contributed by atoms with E-state index in [1.165, 1.54) is 0 Å². The first-order valence-electron chi connectivity index (χ1n) is 10.8. The second-order valence-corrected chi connectivity index (χ2v) is 8.56. The number of carbonyl (C=O) groups is 1. The summed E-state index contributed by atoms with van der Waals surface area (Å²) in [6, 6.07) is 12.4. The molecule has 3 aromatic rings. The van der Waals surface area contributed by atoms with E-state index in [4.69, 9.17) is 4.74 Å². The summed E-state index contributed by atoms with van der Waals surface area (Å²) in [5.41, 5.74) is 3.09. The number of aromatic nitrogens is 3. The number of hydrogen-bond donors (Lipinski definition) is 2. The van der Waals surface area contributed by atoms with Gasteiger partial charge < -0.3 is 15.4 Å². The van der Waals surface area contributed by atoms with Gasteiger partial charge in [0.2, 0.25) is 0 Å². The minimum Gasteiger partial charge on any atom is -0.484 e. The van der Waals surface area contributed by atoms with E-state index in [0.717, 1.165) is 54.0 Å². The average molecular weight is 406 g/mol. The molecule has 7 nitrogen and oxygen atoms in total. The van der Waals surface area contributed by atoms with Crippen molar-refractivity contribution in [1.29, 1.82) is 0 Å². The highest BCUT2D eigenvalue weighted by Gasteiger charge is 2.31. The third kappa shape index (κ3) is 3.72. The number of carbonyl (C=O) groups excluding carboxylic acids is 1. The Bertz CT molecular complexity index is 1070. The predicted octanol–water partition coefficient (Wildman–Crippen LogP) is 4.27. The molecule has 2 unspecified atom stereocenters. The van der Waals surface area contributed by atoms with E-state index in [9.17, 15) is 4.79 Å². The van der Waals surface area contributed by atoms with Crippen molar-refractivity contribution in [2.75, 3.05) is 0 Å². The van der Waals surface area contributed by atoms with Crippen molar-refractivity contribution >= 4 is 11.7 Å². The number of amides is 2. The van der Waals surface area contributed by atoms with Gasteiger partial charge >= 0.3 is 6.03 Å². The highest BCUT2D eigenvalue weighted by Crippen LogP contribution is 2.38. The lowest BCUT2D eigenvalue weighted by Crippen LogP contribution is -2.40. The maximum absolute atomic E-state index is 12.3. The molecular weight excluding hydrogens is 378 g/mol. The van der Waals surface area contributed by atoms with E-state index >= 15 is 0 Å². The lowest BCUT2D eigenvalue weighted by Gasteiger charge is -2.32. The van der Waals surface area contributed by atoms with Gasteiger partial charge in [-0.3, -0.25) is 4.40 Å². The van der Waals surface area contributed by atoms with Crippen LogP contribution in [0.15, 0.2) is 42.6 Å². The van der Waals surface area contributed by atoms with Crippen LogP contribution in [0, 0.1) is 0 Å². The Hall–Kier alpha value is -3.09. The van der Waals surface area contributed by atoms with Crippen LogP contribution < -0.4 is 15.4 Å². The van der Waals surface area contributed by atoms with Gasteiger partial charge in [0.15, 0.2) is 5.65 Å². The fourth-order valence-electron chi connectivity index (χ4n) is 4.15. The molecule has 1 fully saturated rings. The zero-order valence-corrected chi connectivity index (χ0v) is 17.3. The van der Waals surface area contributed by atoms with E-state index < -0.39 is 0 Å². The Balaban J connectivity index is 1.37. The molecule has 7 heteroatoms. The topological polar surface area (TPSA) is 80.6 Å². The van der Waals surface area contributed by atoms with Crippen molar-refractivity contribution in [3.8, 4) is 5.75 Å². The first-order valence-corrected chi connectivity index (χ1v) is 10.8. The van der Waals surface area contributed by atoms with Crippen LogP contribution in [0.3, 0.4) is 0 Å². The molecule has 2 amide bonds. The summed E-state index contributed by atoms with van der Waals surface area (Å²) >= 11 is 0. The van der Waals surface area contributed by atoms with E-state index in [1.807, 2.05) is 34.9 Å². The molecule has 2 heterocycles. The molecule has 0 aliphatic heterocycles. The zero-order valence-electron chi connectivity index (χ0n) is 17.3. The van der Waals surface area contributed by atoms with Crippen LogP contribution in [0.2, 0.25) is 0 Å². The lowest BCUT2D eigenvalue weighted by molar-refractivity contribution is 0.171. The van der Waals surface area contributed by atoms with Crippen LogP contribution in [0.4, 0.5) is 4.79 Å². The van der Waals surface area contributed by atoms with Gasteiger partial charge in [0.1, 0.15) is 17.7 Å². The van der Waals surface area contributed by atoms with E-state index in [-0.39, 0.29) is 24.1 Å². The van der Waals surface area contributed by atoms with Gasteiger partial charge in [-0.1, -0.05) is 38.1 Å². The van der Waals surface area contributed by atoms with Crippen molar-refractivity contribution < 1.29 is 9.53 Å². The molecule has 2 N–H and O–H groups in total. The third-order valence-corrected chi connectivity index (χ3v) is 5.85. The number of rotatable bonds is 5. The van der Waals surface area contributed by atoms with Gasteiger partial charge in [-0.2, -0.15) is 0 Å². The minimum atomic E-state index is -0.0732. The smallest absolute Gasteiger partial charge is 0.315 e. The number of nitrogens with one attached hydrogen (secondary N) is 2. The Kier molecular flexibility index (Phi) is 4.81. The number of pyridine rings is 1. The molecule has 156 valence electrons. The second-order valence-electron chi connectivity index (χ2n) is 8.56. The van der Waals surface area contributed by atoms with E-state index in [1.54, 1.807) is 0 Å². The highest BCUT2D eigenvalue weighted by atomic mass is 16.5. The van der Waals surface area contributed by atoms with Crippen LogP contribution in [0.1, 0.15) is 74.5 Å². The van der Waals surface area contributed by atoms with Crippen molar-refractivity contribution in [1.82, 2.24) is 25.2 Å². The molecule has 0 radical (unpaired) electrons. The Morgan fingerprint density at radius 2 is 1.83 bits per heavy atom. The van der Waals surface area contributed by atoms with Crippen LogP contribution in [0.25, 0.3) is 5.65 Å². The molecular formula is C23H27N5O2. The standard InChI is InChI=1S/C23H27N5O2/c1-14(2)22-27-26-21-12-9-16(13-28(21)22)30-20-11-10-19(17-5-3-4-6-18(17)20)25-23(29)24-15-7-8-15/h3-6,9,12-15,19-20H,7-8,10-11H2,1-2H3,(H2,24,25,29). The summed E-state index contributed by atoms with van der Waals surface area (Å²) < 4.78 is 8.42. The number of ether oxygens (including phenoxy) is 1. The van der Waals surface area contributed by atoms with Crippen molar-refractivity contribution in [3.63, 3.8) is 0 Å². The monoisotopic (exact) mass is 405 g/mol. The number of benzene rings is 1. The van der Waals surface area contributed by atoms with Crippen LogP contribution in [-0.2, 0) is 0 Å². The van der Waals surface area contributed by atoms with E-state index in [0.29, 0.717) is 6.04 Å². The van der Waals surface area contributed by atoms with Gasteiger partial charge in [-0.15, -0.1) is 10.2 Å². The maximum Gasteiger partial charge on any atom is 0.315 e. The molecule has 2 aliphatic carbocycles.